The number of hydrogen-bond donors (Lipinski definition) is 0. The fourth-order valence-electron chi connectivity index (χ4n) is 1.08. The van der Waals surface area contributed by atoms with Gasteiger partial charge in [0.2, 0.25) is 0 Å². The first-order valence-corrected chi connectivity index (χ1v) is 17.5. The standard InChI is InChI=1S/C12H10I.C2H6.CH9P5/c1-3-7-11(8-4-1)13-12-9-5-2-6-10-12;1-2;1-5(2)6(3)4/h1-10H;1-2H3;2-4H2,1H3/q+1;;. The minimum absolute atomic E-state index is 0.0287. The molecule has 0 heterocycles. The Labute approximate surface area is 150 Å². The lowest BCUT2D eigenvalue weighted by Gasteiger charge is -2.06. The Morgan fingerprint density at radius 3 is 1.24 bits per heavy atom. The van der Waals surface area contributed by atoms with Crippen molar-refractivity contribution in [3.8, 4) is 0 Å². The first-order chi connectivity index (χ1) is 10.1. The maximum Gasteiger partial charge on any atom is 0.357 e. The van der Waals surface area contributed by atoms with Crippen LogP contribution in [-0.2, 0) is 0 Å². The van der Waals surface area contributed by atoms with Crippen LogP contribution in [0.4, 0.5) is 0 Å². The van der Waals surface area contributed by atoms with E-state index in [1.807, 2.05) is 13.8 Å². The number of rotatable bonds is 3. The van der Waals surface area contributed by atoms with E-state index in [2.05, 4.69) is 94.1 Å². The lowest BCUT2D eigenvalue weighted by molar-refractivity contribution is -0.597. The number of benzene rings is 2. The molecular weight excluding hydrogens is 462 g/mol. The molecule has 4 unspecified atom stereocenters. The summed E-state index contributed by atoms with van der Waals surface area (Å²) in [5, 5.41) is 0. The van der Waals surface area contributed by atoms with Gasteiger partial charge in [0.1, 0.15) is 0 Å². The zero-order valence-corrected chi connectivity index (χ0v) is 20.2. The van der Waals surface area contributed by atoms with Gasteiger partial charge in [-0.05, 0) is 37.9 Å². The summed E-state index contributed by atoms with van der Waals surface area (Å²) in [7, 11) is 8.69. The predicted octanol–water partition coefficient (Wildman–Crippen LogP) is 3.71. The maximum atomic E-state index is 2.83. The van der Waals surface area contributed by atoms with Gasteiger partial charge in [0, 0.05) is 0 Å². The van der Waals surface area contributed by atoms with E-state index in [4.69, 9.17) is 0 Å². The highest BCUT2D eigenvalue weighted by atomic mass is 127. The van der Waals surface area contributed by atoms with Gasteiger partial charge in [-0.15, -0.1) is 26.8 Å². The second-order valence-corrected chi connectivity index (χ2v) is 23.2. The quantitative estimate of drug-likeness (QED) is 0.458. The van der Waals surface area contributed by atoms with E-state index >= 15 is 0 Å². The van der Waals surface area contributed by atoms with E-state index in [1.54, 1.807) is 0 Å². The Hall–Kier alpha value is 1.32. The van der Waals surface area contributed by atoms with Crippen molar-refractivity contribution in [1.82, 2.24) is 0 Å². The maximum absolute atomic E-state index is 2.83. The molecular formula is C15H25IP5+. The first-order valence-electron chi connectivity index (χ1n) is 6.62. The van der Waals surface area contributed by atoms with Crippen LogP contribution in [-0.4, -0.2) is 6.66 Å². The zero-order chi connectivity index (χ0) is 16.1. The number of hydrogen-bond acceptors (Lipinski definition) is 0. The molecule has 21 heavy (non-hydrogen) atoms. The van der Waals surface area contributed by atoms with Crippen molar-refractivity contribution < 1.29 is 21.2 Å². The van der Waals surface area contributed by atoms with E-state index in [9.17, 15) is 0 Å². The highest BCUT2D eigenvalue weighted by Gasteiger charge is 2.12. The minimum atomic E-state index is 0.0287. The summed E-state index contributed by atoms with van der Waals surface area (Å²) in [5.41, 5.74) is 0. The van der Waals surface area contributed by atoms with Gasteiger partial charge in [-0.25, -0.2) is 0 Å². The summed E-state index contributed by atoms with van der Waals surface area (Å²) in [6, 6.07) is 21.4. The second-order valence-electron chi connectivity index (χ2n) is 3.64. The van der Waals surface area contributed by atoms with Gasteiger partial charge in [0.15, 0.2) is 7.14 Å². The van der Waals surface area contributed by atoms with Crippen LogP contribution in [0.5, 0.6) is 0 Å². The van der Waals surface area contributed by atoms with Crippen molar-refractivity contribution in [3.05, 3.63) is 67.8 Å². The van der Waals surface area contributed by atoms with E-state index < -0.39 is 0 Å². The molecule has 116 valence electrons. The summed E-state index contributed by atoms with van der Waals surface area (Å²) < 4.78 is 2.96. The largest absolute Gasteiger partial charge is 0.357 e. The molecule has 0 N–H and O–H groups in total. The normalized spacial score (nSPS) is 10.8. The third kappa shape index (κ3) is 12.4. The van der Waals surface area contributed by atoms with Crippen LogP contribution in [0, 0.1) is 7.14 Å². The van der Waals surface area contributed by atoms with Crippen molar-refractivity contribution in [2.75, 3.05) is 6.66 Å². The monoisotopic (exact) mass is 487 g/mol. The summed E-state index contributed by atoms with van der Waals surface area (Å²) in [6.07, 6.45) is 0. The van der Waals surface area contributed by atoms with Crippen LogP contribution in [0.1, 0.15) is 13.8 Å². The van der Waals surface area contributed by atoms with Gasteiger partial charge in [-0.1, -0.05) is 57.5 Å². The average Bonchev–Trinajstić information content (AvgIpc) is 2.52. The highest BCUT2D eigenvalue weighted by molar-refractivity contribution is 8.81. The van der Waals surface area contributed by atoms with Crippen molar-refractivity contribution >= 4 is 41.1 Å². The number of halogens is 1. The molecule has 4 atom stereocenters. The molecule has 0 aromatic heterocycles. The summed E-state index contributed by atoms with van der Waals surface area (Å²) >= 11 is 0.0287. The molecule has 6 heteroatoms. The van der Waals surface area contributed by atoms with Crippen molar-refractivity contribution in [1.29, 1.82) is 0 Å². The van der Waals surface area contributed by atoms with Crippen LogP contribution in [0.2, 0.25) is 0 Å². The molecule has 0 radical (unpaired) electrons. The fourth-order valence-corrected chi connectivity index (χ4v) is 3.35. The van der Waals surface area contributed by atoms with Gasteiger partial charge < -0.3 is 0 Å². The van der Waals surface area contributed by atoms with E-state index in [1.165, 1.54) is 7.14 Å². The Morgan fingerprint density at radius 2 is 1.00 bits per heavy atom. The third-order valence-corrected chi connectivity index (χ3v) is 21.4. The first kappa shape index (κ1) is 22.3. The lowest BCUT2D eigenvalue weighted by atomic mass is 10.4. The second kappa shape index (κ2) is 14.9. The molecule has 2 aromatic carbocycles. The molecule has 0 fully saturated rings. The van der Waals surface area contributed by atoms with Crippen LogP contribution in [0.25, 0.3) is 0 Å². The van der Waals surface area contributed by atoms with Crippen LogP contribution >= 0.6 is 41.1 Å². The molecule has 0 aliphatic heterocycles. The Bertz CT molecular complexity index is 405. The van der Waals surface area contributed by atoms with Crippen LogP contribution < -0.4 is 21.2 Å². The molecule has 2 aromatic rings. The lowest BCUT2D eigenvalue weighted by Crippen LogP contribution is -3.61. The third-order valence-electron chi connectivity index (χ3n) is 2.05. The summed E-state index contributed by atoms with van der Waals surface area (Å²) in [4.78, 5) is 0. The molecule has 0 spiro atoms. The molecule has 0 bridgehead atoms. The molecule has 0 aliphatic carbocycles. The molecule has 0 aliphatic rings. The zero-order valence-electron chi connectivity index (χ0n) is 12.8. The van der Waals surface area contributed by atoms with E-state index in [0.717, 1.165) is 0 Å². The van der Waals surface area contributed by atoms with Gasteiger partial charge in [-0.2, -0.15) is 0 Å². The van der Waals surface area contributed by atoms with Crippen molar-refractivity contribution in [2.45, 2.75) is 13.8 Å². The topological polar surface area (TPSA) is 0 Å². The van der Waals surface area contributed by atoms with Crippen molar-refractivity contribution in [2.24, 2.45) is 0 Å². The minimum Gasteiger partial charge on any atom is -0.106 e. The van der Waals surface area contributed by atoms with Crippen LogP contribution in [0.3, 0.4) is 0 Å². The van der Waals surface area contributed by atoms with Crippen molar-refractivity contribution in [3.63, 3.8) is 0 Å². The average molecular weight is 487 g/mol. The predicted molar refractivity (Wildman–Crippen MR) is 111 cm³/mol. The molecule has 0 nitrogen and oxygen atoms in total. The highest BCUT2D eigenvalue weighted by Crippen LogP contribution is 2.81. The Kier molecular flexibility index (Phi) is 15.8. The smallest absolute Gasteiger partial charge is 0.106 e. The molecule has 2 rings (SSSR count). The Balaban J connectivity index is 0.000000427. The molecule has 0 saturated heterocycles. The van der Waals surface area contributed by atoms with Gasteiger partial charge in [-0.3, -0.25) is 0 Å². The summed E-state index contributed by atoms with van der Waals surface area (Å²) in [6.45, 7) is 6.46. The molecule has 0 saturated carbocycles. The van der Waals surface area contributed by atoms with E-state index in [0.29, 0.717) is 0 Å². The van der Waals surface area contributed by atoms with Crippen LogP contribution in [0.15, 0.2) is 60.7 Å². The van der Waals surface area contributed by atoms with Gasteiger partial charge in [0.05, 0.1) is 0 Å². The molecule has 0 amide bonds. The van der Waals surface area contributed by atoms with E-state index in [-0.39, 0.29) is 35.5 Å². The van der Waals surface area contributed by atoms with Gasteiger partial charge in [0.25, 0.3) is 0 Å². The Morgan fingerprint density at radius 1 is 0.714 bits per heavy atom. The van der Waals surface area contributed by atoms with Gasteiger partial charge >= 0.3 is 21.2 Å². The SMILES string of the molecule is CC.CP(P)P(P)P.c1ccc([I+]c2ccccc2)cc1. The summed E-state index contributed by atoms with van der Waals surface area (Å²) in [5.74, 6) is 0. The fraction of sp³-hybridized carbons (Fsp3) is 0.200.